The van der Waals surface area contributed by atoms with Crippen molar-refractivity contribution in [3.63, 3.8) is 0 Å². The third kappa shape index (κ3) is 2.60. The Labute approximate surface area is 101 Å². The molecule has 2 aromatic rings. The molecule has 94 valence electrons. The van der Waals surface area contributed by atoms with Crippen molar-refractivity contribution in [1.82, 2.24) is 0 Å². The molecule has 6 heteroatoms. The number of anilines is 1. The number of carbonyl (C=O) groups is 1. The van der Waals surface area contributed by atoms with Gasteiger partial charge in [0.25, 0.3) is 0 Å². The Morgan fingerprint density at radius 3 is 2.72 bits per heavy atom. The quantitative estimate of drug-likeness (QED) is 0.727. The van der Waals surface area contributed by atoms with Gasteiger partial charge in [0.2, 0.25) is 5.76 Å². The zero-order valence-corrected chi connectivity index (χ0v) is 9.18. The van der Waals surface area contributed by atoms with Crippen LogP contribution in [0, 0.1) is 5.82 Å². The maximum Gasteiger partial charge on any atom is 0.371 e. The van der Waals surface area contributed by atoms with E-state index in [1.165, 1.54) is 24.3 Å². The fourth-order valence-electron chi connectivity index (χ4n) is 1.39. The minimum absolute atomic E-state index is 0.149. The van der Waals surface area contributed by atoms with Crippen LogP contribution in [0.3, 0.4) is 0 Å². The number of halogens is 1. The molecule has 0 amide bonds. The Balaban J connectivity index is 2.02. The Morgan fingerprint density at radius 2 is 2.11 bits per heavy atom. The van der Waals surface area contributed by atoms with Crippen molar-refractivity contribution in [2.45, 2.75) is 6.54 Å². The van der Waals surface area contributed by atoms with Crippen molar-refractivity contribution in [3.8, 4) is 5.75 Å². The smallest absolute Gasteiger partial charge is 0.371 e. The predicted octanol–water partition coefficient (Wildman–Crippen LogP) is 2.43. The van der Waals surface area contributed by atoms with E-state index in [0.717, 1.165) is 6.07 Å². The zero-order chi connectivity index (χ0) is 13.1. The summed E-state index contributed by atoms with van der Waals surface area (Å²) in [6.45, 7) is 0.220. The molecule has 0 saturated heterocycles. The molecule has 1 aromatic carbocycles. The maximum absolute atomic E-state index is 13.0. The molecule has 1 heterocycles. The molecular weight excluding hydrogens is 241 g/mol. The number of aromatic carboxylic acids is 1. The van der Waals surface area contributed by atoms with Gasteiger partial charge in [-0.2, -0.15) is 0 Å². The van der Waals surface area contributed by atoms with Crippen molar-refractivity contribution in [1.29, 1.82) is 0 Å². The number of nitrogens with one attached hydrogen (secondary N) is 1. The summed E-state index contributed by atoms with van der Waals surface area (Å²) in [5.41, 5.74) is 0.457. The minimum atomic E-state index is -1.14. The van der Waals surface area contributed by atoms with E-state index in [-0.39, 0.29) is 12.3 Å². The molecule has 2 rings (SSSR count). The lowest BCUT2D eigenvalue weighted by Gasteiger charge is -2.04. The largest absolute Gasteiger partial charge is 0.505 e. The van der Waals surface area contributed by atoms with Crippen molar-refractivity contribution in [2.24, 2.45) is 0 Å². The highest BCUT2D eigenvalue weighted by atomic mass is 19.1. The van der Waals surface area contributed by atoms with E-state index in [9.17, 15) is 9.18 Å². The number of aromatic hydroxyl groups is 1. The van der Waals surface area contributed by atoms with Crippen molar-refractivity contribution >= 4 is 11.7 Å². The third-order valence-electron chi connectivity index (χ3n) is 2.29. The molecule has 18 heavy (non-hydrogen) atoms. The van der Waals surface area contributed by atoms with Gasteiger partial charge >= 0.3 is 5.97 Å². The first-order valence-electron chi connectivity index (χ1n) is 5.10. The number of phenols is 1. The molecule has 1 aromatic heterocycles. The van der Waals surface area contributed by atoms with Gasteiger partial charge in [-0.25, -0.2) is 9.18 Å². The van der Waals surface area contributed by atoms with Crippen molar-refractivity contribution in [2.75, 3.05) is 5.32 Å². The summed E-state index contributed by atoms with van der Waals surface area (Å²) in [7, 11) is 0. The second kappa shape index (κ2) is 4.79. The number of phenolic OH excluding ortho intramolecular Hbond substituents is 1. The topological polar surface area (TPSA) is 82.7 Å². The lowest BCUT2D eigenvalue weighted by atomic mass is 10.3. The molecule has 0 aliphatic heterocycles. The number of carboxylic acid groups (broad SMARTS) is 1. The van der Waals surface area contributed by atoms with E-state index >= 15 is 0 Å². The van der Waals surface area contributed by atoms with Gasteiger partial charge in [0.15, 0.2) is 11.6 Å². The Bertz CT molecular complexity index is 579. The van der Waals surface area contributed by atoms with Crippen LogP contribution in [0.25, 0.3) is 0 Å². The first-order valence-corrected chi connectivity index (χ1v) is 5.10. The lowest BCUT2D eigenvalue weighted by Crippen LogP contribution is -1.99. The number of hydrogen-bond donors (Lipinski definition) is 3. The second-order valence-electron chi connectivity index (χ2n) is 3.59. The van der Waals surface area contributed by atoms with E-state index in [0.29, 0.717) is 11.4 Å². The third-order valence-corrected chi connectivity index (χ3v) is 2.29. The maximum atomic E-state index is 13.0. The van der Waals surface area contributed by atoms with Crippen LogP contribution in [0.2, 0.25) is 0 Å². The van der Waals surface area contributed by atoms with Crippen LogP contribution < -0.4 is 5.32 Å². The highest BCUT2D eigenvalue weighted by Gasteiger charge is 2.08. The zero-order valence-electron chi connectivity index (χ0n) is 9.18. The summed E-state index contributed by atoms with van der Waals surface area (Å²) in [5.74, 6) is -2.03. The van der Waals surface area contributed by atoms with Gasteiger partial charge in [0.1, 0.15) is 5.76 Å². The van der Waals surface area contributed by atoms with Crippen molar-refractivity contribution < 1.29 is 23.8 Å². The molecule has 0 saturated carbocycles. The molecule has 0 aliphatic carbocycles. The summed E-state index contributed by atoms with van der Waals surface area (Å²) in [4.78, 5) is 10.6. The standard InChI is InChI=1S/C12H10FNO4/c13-9-5-7(1-3-10(9)15)14-6-8-2-4-11(18-8)12(16)17/h1-5,14-15H,6H2,(H,16,17). The summed E-state index contributed by atoms with van der Waals surface area (Å²) >= 11 is 0. The van der Waals surface area contributed by atoms with E-state index in [1.807, 2.05) is 0 Å². The molecule has 0 fully saturated rings. The highest BCUT2D eigenvalue weighted by molar-refractivity contribution is 5.84. The number of rotatable bonds is 4. The first kappa shape index (κ1) is 12.0. The predicted molar refractivity (Wildman–Crippen MR) is 61.1 cm³/mol. The monoisotopic (exact) mass is 251 g/mol. The van der Waals surface area contributed by atoms with Crippen LogP contribution in [0.15, 0.2) is 34.7 Å². The summed E-state index contributed by atoms with van der Waals surface area (Å²) in [6.07, 6.45) is 0. The highest BCUT2D eigenvalue weighted by Crippen LogP contribution is 2.20. The fourth-order valence-corrected chi connectivity index (χ4v) is 1.39. The molecule has 0 aliphatic rings. The van der Waals surface area contributed by atoms with Crippen LogP contribution in [-0.2, 0) is 6.54 Å². The molecule has 0 bridgehead atoms. The van der Waals surface area contributed by atoms with E-state index < -0.39 is 17.5 Å². The SMILES string of the molecule is O=C(O)c1ccc(CNc2ccc(O)c(F)c2)o1. The Hall–Kier alpha value is -2.50. The average molecular weight is 251 g/mol. The van der Waals surface area contributed by atoms with Crippen LogP contribution in [0.4, 0.5) is 10.1 Å². The van der Waals surface area contributed by atoms with Gasteiger partial charge < -0.3 is 19.9 Å². The number of carboxylic acids is 1. The summed E-state index contributed by atoms with van der Waals surface area (Å²) < 4.78 is 18.0. The molecular formula is C12H10FNO4. The van der Waals surface area contributed by atoms with Gasteiger partial charge in [0.05, 0.1) is 6.54 Å². The van der Waals surface area contributed by atoms with E-state index in [4.69, 9.17) is 14.6 Å². The molecule has 3 N–H and O–H groups in total. The van der Waals surface area contributed by atoms with Crippen LogP contribution in [0.5, 0.6) is 5.75 Å². The van der Waals surface area contributed by atoms with Gasteiger partial charge in [-0.1, -0.05) is 0 Å². The average Bonchev–Trinajstić information content (AvgIpc) is 2.79. The lowest BCUT2D eigenvalue weighted by molar-refractivity contribution is 0.0660. The van der Waals surface area contributed by atoms with Crippen LogP contribution in [0.1, 0.15) is 16.3 Å². The van der Waals surface area contributed by atoms with Gasteiger partial charge in [-0.3, -0.25) is 0 Å². The first-order chi connectivity index (χ1) is 8.56. The molecule has 0 radical (unpaired) electrons. The molecule has 5 nitrogen and oxygen atoms in total. The van der Waals surface area contributed by atoms with Crippen LogP contribution in [-0.4, -0.2) is 16.2 Å². The van der Waals surface area contributed by atoms with Gasteiger partial charge in [-0.15, -0.1) is 0 Å². The second-order valence-corrected chi connectivity index (χ2v) is 3.59. The minimum Gasteiger partial charge on any atom is -0.505 e. The molecule has 0 unspecified atom stereocenters. The van der Waals surface area contributed by atoms with Crippen molar-refractivity contribution in [3.05, 3.63) is 47.7 Å². The molecule has 0 atom stereocenters. The summed E-state index contributed by atoms with van der Waals surface area (Å²) in [5, 5.41) is 20.5. The molecule has 0 spiro atoms. The van der Waals surface area contributed by atoms with E-state index in [1.54, 1.807) is 0 Å². The summed E-state index contributed by atoms with van der Waals surface area (Å²) in [6, 6.07) is 6.72. The van der Waals surface area contributed by atoms with Crippen LogP contribution >= 0.6 is 0 Å². The Kier molecular flexibility index (Phi) is 3.18. The Morgan fingerprint density at radius 1 is 1.33 bits per heavy atom. The fraction of sp³-hybridized carbons (Fsp3) is 0.0833. The van der Waals surface area contributed by atoms with Gasteiger partial charge in [0, 0.05) is 11.8 Å². The van der Waals surface area contributed by atoms with Gasteiger partial charge in [-0.05, 0) is 24.3 Å². The number of furan rings is 1. The van der Waals surface area contributed by atoms with E-state index in [2.05, 4.69) is 5.32 Å². The number of benzene rings is 1. The normalized spacial score (nSPS) is 10.3. The number of hydrogen-bond acceptors (Lipinski definition) is 4.